The van der Waals surface area contributed by atoms with E-state index in [4.69, 9.17) is 0 Å². The minimum atomic E-state index is -0.566. The van der Waals surface area contributed by atoms with Crippen molar-refractivity contribution in [1.82, 2.24) is 20.1 Å². The molecule has 3 aromatic rings. The van der Waals surface area contributed by atoms with Crippen molar-refractivity contribution in [1.29, 1.82) is 0 Å². The van der Waals surface area contributed by atoms with E-state index in [-0.39, 0.29) is 17.6 Å². The highest BCUT2D eigenvalue weighted by Crippen LogP contribution is 2.24. The van der Waals surface area contributed by atoms with Gasteiger partial charge in [-0.25, -0.2) is 4.39 Å². The Hall–Kier alpha value is -3.19. The Morgan fingerprint density at radius 3 is 2.81 bits per heavy atom. The summed E-state index contributed by atoms with van der Waals surface area (Å²) < 4.78 is 14.2. The van der Waals surface area contributed by atoms with E-state index in [2.05, 4.69) is 10.3 Å². The Balaban J connectivity index is 1.29. The van der Waals surface area contributed by atoms with Crippen LogP contribution in [0.4, 0.5) is 4.39 Å². The average molecular weight is 420 g/mol. The second-order valence-corrected chi connectivity index (χ2v) is 8.50. The standard InChI is InChI=1S/C24H25FN4O2/c1-15-6-7-19(25)17(10-15)13-28-8-9-29-22(14-28)23(30)27-21(24(29)31)11-16-12-26-20-5-3-2-4-18(16)20/h2-7,10,12,21-22,26H,8-9,11,13-14H2,1H3,(H,27,30)/t21-,22+/m0/s1. The number of halogens is 1. The molecular weight excluding hydrogens is 395 g/mol. The third kappa shape index (κ3) is 3.70. The molecule has 1 aromatic heterocycles. The number of rotatable bonds is 4. The number of piperazine rings is 2. The molecule has 0 saturated carbocycles. The van der Waals surface area contributed by atoms with E-state index >= 15 is 0 Å². The summed E-state index contributed by atoms with van der Waals surface area (Å²) in [4.78, 5) is 33.0. The number of hydrogen-bond donors (Lipinski definition) is 2. The van der Waals surface area contributed by atoms with E-state index in [9.17, 15) is 14.0 Å². The molecular formula is C24H25FN4O2. The van der Waals surface area contributed by atoms with E-state index in [1.54, 1.807) is 11.0 Å². The second kappa shape index (κ2) is 7.81. The van der Waals surface area contributed by atoms with Gasteiger partial charge in [-0.15, -0.1) is 0 Å². The smallest absolute Gasteiger partial charge is 0.246 e. The number of H-pyrrole nitrogens is 1. The van der Waals surface area contributed by atoms with Gasteiger partial charge in [0.15, 0.2) is 0 Å². The van der Waals surface area contributed by atoms with Crippen molar-refractivity contribution in [2.45, 2.75) is 32.0 Å². The van der Waals surface area contributed by atoms with Crippen molar-refractivity contribution in [2.75, 3.05) is 19.6 Å². The van der Waals surface area contributed by atoms with Gasteiger partial charge in [-0.05, 0) is 24.6 Å². The lowest BCUT2D eigenvalue weighted by molar-refractivity contribution is -0.153. The summed E-state index contributed by atoms with van der Waals surface area (Å²) in [5.74, 6) is -0.425. The van der Waals surface area contributed by atoms with Crippen LogP contribution >= 0.6 is 0 Å². The van der Waals surface area contributed by atoms with Gasteiger partial charge in [0.25, 0.3) is 0 Å². The fourth-order valence-electron chi connectivity index (χ4n) is 4.73. The third-order valence-electron chi connectivity index (χ3n) is 6.36. The number of aromatic amines is 1. The number of benzene rings is 2. The van der Waals surface area contributed by atoms with Crippen molar-refractivity contribution >= 4 is 22.7 Å². The number of aromatic nitrogens is 1. The molecule has 0 spiro atoms. The molecule has 2 aromatic carbocycles. The van der Waals surface area contributed by atoms with E-state index in [0.717, 1.165) is 22.0 Å². The van der Waals surface area contributed by atoms with Gasteiger partial charge in [0.2, 0.25) is 11.8 Å². The Kier molecular flexibility index (Phi) is 4.98. The summed E-state index contributed by atoms with van der Waals surface area (Å²) >= 11 is 0. The van der Waals surface area contributed by atoms with Crippen LogP contribution < -0.4 is 5.32 Å². The van der Waals surface area contributed by atoms with Gasteiger partial charge in [0, 0.05) is 55.3 Å². The van der Waals surface area contributed by atoms with Crippen molar-refractivity contribution in [3.63, 3.8) is 0 Å². The molecule has 3 heterocycles. The molecule has 31 heavy (non-hydrogen) atoms. The van der Waals surface area contributed by atoms with Crippen LogP contribution in [0.25, 0.3) is 10.9 Å². The Morgan fingerprint density at radius 2 is 1.94 bits per heavy atom. The largest absolute Gasteiger partial charge is 0.361 e. The topological polar surface area (TPSA) is 68.4 Å². The SMILES string of the molecule is Cc1ccc(F)c(CN2CCN3C(=O)[C@H](Cc4c[nH]c5ccccc45)NC(=O)[C@H]3C2)c1. The number of aryl methyl sites for hydroxylation is 1. The number of carbonyl (C=O) groups is 2. The second-order valence-electron chi connectivity index (χ2n) is 8.50. The summed E-state index contributed by atoms with van der Waals surface area (Å²) in [6.45, 7) is 3.85. The van der Waals surface area contributed by atoms with Crippen LogP contribution in [-0.4, -0.2) is 58.3 Å². The number of para-hydroxylation sites is 1. The fraction of sp³-hybridized carbons (Fsp3) is 0.333. The Bertz CT molecular complexity index is 1160. The number of fused-ring (bicyclic) bond motifs is 2. The monoisotopic (exact) mass is 420 g/mol. The maximum atomic E-state index is 14.2. The summed E-state index contributed by atoms with van der Waals surface area (Å²) in [6, 6.07) is 11.9. The van der Waals surface area contributed by atoms with Gasteiger partial charge in [0.1, 0.15) is 17.9 Å². The summed E-state index contributed by atoms with van der Waals surface area (Å²) in [5.41, 5.74) is 3.65. The molecule has 7 heteroatoms. The van der Waals surface area contributed by atoms with Gasteiger partial charge in [-0.3, -0.25) is 14.5 Å². The molecule has 0 bridgehead atoms. The highest BCUT2D eigenvalue weighted by Gasteiger charge is 2.43. The molecule has 0 aliphatic carbocycles. The van der Waals surface area contributed by atoms with Crippen LogP contribution in [0.1, 0.15) is 16.7 Å². The predicted molar refractivity (Wildman–Crippen MR) is 116 cm³/mol. The van der Waals surface area contributed by atoms with Gasteiger partial charge in [0.05, 0.1) is 0 Å². The number of nitrogens with zero attached hydrogens (tertiary/aromatic N) is 2. The number of amides is 2. The zero-order valence-corrected chi connectivity index (χ0v) is 17.4. The van der Waals surface area contributed by atoms with Crippen LogP contribution in [-0.2, 0) is 22.6 Å². The molecule has 6 nitrogen and oxygen atoms in total. The molecule has 2 aliphatic rings. The van der Waals surface area contributed by atoms with Crippen molar-refractivity contribution in [2.24, 2.45) is 0 Å². The molecule has 2 atom stereocenters. The maximum absolute atomic E-state index is 14.2. The lowest BCUT2D eigenvalue weighted by Gasteiger charge is -2.45. The molecule has 160 valence electrons. The summed E-state index contributed by atoms with van der Waals surface area (Å²) in [5, 5.41) is 3.99. The first-order valence-electron chi connectivity index (χ1n) is 10.6. The third-order valence-corrected chi connectivity index (χ3v) is 6.36. The lowest BCUT2D eigenvalue weighted by atomic mass is 9.98. The summed E-state index contributed by atoms with van der Waals surface area (Å²) in [6.07, 6.45) is 2.36. The molecule has 2 aliphatic heterocycles. The molecule has 0 unspecified atom stereocenters. The first-order chi connectivity index (χ1) is 15.0. The Morgan fingerprint density at radius 1 is 1.10 bits per heavy atom. The molecule has 2 amide bonds. The Labute approximate surface area is 180 Å². The van der Waals surface area contributed by atoms with Crippen molar-refractivity contribution < 1.29 is 14.0 Å². The first kappa shape index (κ1) is 19.8. The van der Waals surface area contributed by atoms with Gasteiger partial charge in [-0.1, -0.05) is 35.9 Å². The van der Waals surface area contributed by atoms with Gasteiger partial charge in [-0.2, -0.15) is 0 Å². The molecule has 2 fully saturated rings. The zero-order chi connectivity index (χ0) is 21.5. The highest BCUT2D eigenvalue weighted by atomic mass is 19.1. The minimum Gasteiger partial charge on any atom is -0.361 e. The zero-order valence-electron chi connectivity index (χ0n) is 17.4. The number of nitrogens with one attached hydrogen (secondary N) is 2. The fourth-order valence-corrected chi connectivity index (χ4v) is 4.73. The van der Waals surface area contributed by atoms with E-state index in [1.807, 2.05) is 48.4 Å². The van der Waals surface area contributed by atoms with Gasteiger partial charge < -0.3 is 15.2 Å². The quantitative estimate of drug-likeness (QED) is 0.681. The average Bonchev–Trinajstić information content (AvgIpc) is 3.17. The van der Waals surface area contributed by atoms with Gasteiger partial charge >= 0.3 is 0 Å². The van der Waals surface area contributed by atoms with Crippen LogP contribution in [0.15, 0.2) is 48.7 Å². The van der Waals surface area contributed by atoms with Crippen LogP contribution in [0.5, 0.6) is 0 Å². The van der Waals surface area contributed by atoms with Crippen LogP contribution in [0, 0.1) is 12.7 Å². The van der Waals surface area contributed by atoms with Crippen molar-refractivity contribution in [3.05, 3.63) is 71.2 Å². The number of hydrogen-bond acceptors (Lipinski definition) is 3. The van der Waals surface area contributed by atoms with E-state index < -0.39 is 12.1 Å². The lowest BCUT2D eigenvalue weighted by Crippen LogP contribution is -2.69. The molecule has 0 radical (unpaired) electrons. The number of carbonyl (C=O) groups excluding carboxylic acids is 2. The first-order valence-corrected chi connectivity index (χ1v) is 10.6. The van der Waals surface area contributed by atoms with Crippen LogP contribution in [0.2, 0.25) is 0 Å². The normalized spacial score (nSPS) is 21.9. The van der Waals surface area contributed by atoms with Crippen LogP contribution in [0.3, 0.4) is 0 Å². The predicted octanol–water partition coefficient (Wildman–Crippen LogP) is 2.37. The highest BCUT2D eigenvalue weighted by molar-refractivity contribution is 5.98. The summed E-state index contributed by atoms with van der Waals surface area (Å²) in [7, 11) is 0. The minimum absolute atomic E-state index is 0.0451. The molecule has 2 saturated heterocycles. The molecule has 5 rings (SSSR count). The van der Waals surface area contributed by atoms with Crippen molar-refractivity contribution in [3.8, 4) is 0 Å². The maximum Gasteiger partial charge on any atom is 0.246 e. The molecule has 2 N–H and O–H groups in total. The van der Waals surface area contributed by atoms with E-state index in [1.165, 1.54) is 6.07 Å². The van der Waals surface area contributed by atoms with E-state index in [0.29, 0.717) is 38.2 Å².